The van der Waals surface area contributed by atoms with Gasteiger partial charge in [0.05, 0.1) is 0 Å². The number of benzene rings is 1. The van der Waals surface area contributed by atoms with Crippen LogP contribution in [-0.4, -0.2) is 14.2 Å². The van der Waals surface area contributed by atoms with Crippen molar-refractivity contribution in [3.63, 3.8) is 0 Å². The van der Waals surface area contributed by atoms with Crippen LogP contribution in [0.2, 0.25) is 10.1 Å². The fourth-order valence-corrected chi connectivity index (χ4v) is 7.74. The Balaban J connectivity index is 3.27. The Bertz CT molecular complexity index is 463. The summed E-state index contributed by atoms with van der Waals surface area (Å²) in [5, 5.41) is 0.0885. The van der Waals surface area contributed by atoms with Crippen LogP contribution in [0, 0.1) is 0 Å². The lowest BCUT2D eigenvalue weighted by Gasteiger charge is -2.44. The van der Waals surface area contributed by atoms with E-state index in [0.29, 0.717) is 6.42 Å². The fourth-order valence-electron chi connectivity index (χ4n) is 3.13. The molecule has 1 nitrogen and oxygen atoms in total. The van der Waals surface area contributed by atoms with Crippen LogP contribution in [0.15, 0.2) is 24.3 Å². The Morgan fingerprint density at radius 1 is 1.00 bits per heavy atom. The third-order valence-corrected chi connectivity index (χ3v) is 9.13. The summed E-state index contributed by atoms with van der Waals surface area (Å²) in [5.74, 6) is 0.133. The maximum absolute atomic E-state index is 16.0. The molecule has 0 fully saturated rings. The van der Waals surface area contributed by atoms with Gasteiger partial charge in [-0.3, -0.25) is 4.79 Å². The van der Waals surface area contributed by atoms with E-state index in [-0.39, 0.29) is 15.9 Å². The van der Waals surface area contributed by atoms with Crippen LogP contribution < -0.4 is 5.19 Å². The highest BCUT2D eigenvalue weighted by molar-refractivity contribution is 6.90. The molecule has 0 N–H and O–H groups in total. The predicted octanol–water partition coefficient (Wildman–Crippen LogP) is 4.54. The first kappa shape index (κ1) is 17.1. The molecule has 0 aliphatic heterocycles. The molecule has 0 aliphatic carbocycles. The summed E-state index contributed by atoms with van der Waals surface area (Å²) in [5.41, 5.74) is 0.959. The van der Waals surface area contributed by atoms with Crippen LogP contribution >= 0.6 is 0 Å². The summed E-state index contributed by atoms with van der Waals surface area (Å²) < 4.78 is 16.0. The molecule has 0 radical (unpaired) electrons. The Labute approximate surface area is 123 Å². The first-order valence-electron chi connectivity index (χ1n) is 7.17. The van der Waals surface area contributed by atoms with Gasteiger partial charge in [0, 0.05) is 6.42 Å². The van der Waals surface area contributed by atoms with Crippen LogP contribution in [0.3, 0.4) is 0 Å². The van der Waals surface area contributed by atoms with E-state index < -0.39 is 8.41 Å². The molecule has 1 aromatic carbocycles. The molecule has 0 amide bonds. The van der Waals surface area contributed by atoms with E-state index in [1.807, 2.05) is 65.8 Å². The minimum Gasteiger partial charge on any atom is -0.307 e. The topological polar surface area (TPSA) is 17.1 Å². The van der Waals surface area contributed by atoms with Crippen LogP contribution in [0.5, 0.6) is 0 Å². The van der Waals surface area contributed by atoms with Crippen molar-refractivity contribution in [2.24, 2.45) is 0 Å². The van der Waals surface area contributed by atoms with Crippen molar-refractivity contribution in [2.75, 3.05) is 0 Å². The lowest BCUT2D eigenvalue weighted by Crippen LogP contribution is -2.57. The van der Waals surface area contributed by atoms with Gasteiger partial charge in [0.15, 0.2) is 0 Å². The summed E-state index contributed by atoms with van der Waals surface area (Å²) in [6.07, 6.45) is 0.423. The second-order valence-electron chi connectivity index (χ2n) is 7.73. The lowest BCUT2D eigenvalue weighted by molar-refractivity contribution is -0.116. The summed E-state index contributed by atoms with van der Waals surface area (Å²) >= 11 is 0. The summed E-state index contributed by atoms with van der Waals surface area (Å²) in [7, 11) is -3.18. The third kappa shape index (κ3) is 3.19. The molecule has 0 aliphatic rings. The highest BCUT2D eigenvalue weighted by atomic mass is 28.4. The zero-order valence-corrected chi connectivity index (χ0v) is 14.8. The zero-order valence-electron chi connectivity index (χ0n) is 13.8. The van der Waals surface area contributed by atoms with E-state index in [9.17, 15) is 4.79 Å². The average molecular weight is 294 g/mol. The van der Waals surface area contributed by atoms with Crippen molar-refractivity contribution >= 4 is 19.4 Å². The van der Waals surface area contributed by atoms with E-state index in [4.69, 9.17) is 0 Å². The molecule has 0 heterocycles. The van der Waals surface area contributed by atoms with E-state index in [1.54, 1.807) is 6.92 Å². The first-order valence-corrected chi connectivity index (χ1v) is 9.05. The fraction of sp³-hybridized carbons (Fsp3) is 0.588. The number of carbonyl (C=O) groups excluding carboxylic acids is 1. The van der Waals surface area contributed by atoms with Gasteiger partial charge >= 0.3 is 0 Å². The number of carbonyl (C=O) groups is 1. The van der Waals surface area contributed by atoms with Crippen molar-refractivity contribution in [3.05, 3.63) is 29.8 Å². The van der Waals surface area contributed by atoms with E-state index in [2.05, 4.69) is 0 Å². The highest BCUT2D eigenvalue weighted by Crippen LogP contribution is 2.51. The van der Waals surface area contributed by atoms with Crippen molar-refractivity contribution in [2.45, 2.75) is 65.0 Å². The molecule has 1 rings (SSSR count). The van der Waals surface area contributed by atoms with Gasteiger partial charge in [-0.05, 0) is 27.8 Å². The van der Waals surface area contributed by atoms with E-state index in [1.165, 1.54) is 0 Å². The maximum Gasteiger partial charge on any atom is 0.288 e. The van der Waals surface area contributed by atoms with E-state index >= 15 is 4.11 Å². The number of hydrogen-bond donors (Lipinski definition) is 0. The van der Waals surface area contributed by atoms with Gasteiger partial charge in [0.2, 0.25) is 0 Å². The number of hydrogen-bond acceptors (Lipinski definition) is 1. The predicted molar refractivity (Wildman–Crippen MR) is 86.8 cm³/mol. The monoisotopic (exact) mass is 294 g/mol. The van der Waals surface area contributed by atoms with Crippen molar-refractivity contribution in [1.29, 1.82) is 0 Å². The number of Topliss-reactive ketones (excluding diaryl/α,β-unsaturated/α-hetero) is 1. The van der Waals surface area contributed by atoms with Gasteiger partial charge in [-0.1, -0.05) is 65.8 Å². The number of halogens is 1. The van der Waals surface area contributed by atoms with Gasteiger partial charge in [-0.25, -0.2) is 0 Å². The molecular weight excluding hydrogens is 267 g/mol. The SMILES string of the molecule is CC(=O)Cc1ccc([Si]([19F])(C(C)(C)C)C(C)(C)C)cc1. The van der Waals surface area contributed by atoms with Crippen molar-refractivity contribution in [3.8, 4) is 0 Å². The summed E-state index contributed by atoms with van der Waals surface area (Å²) in [6, 6.07) is 7.58. The molecule has 20 heavy (non-hydrogen) atoms. The molecule has 0 spiro atoms. The highest BCUT2D eigenvalue weighted by Gasteiger charge is 2.56. The van der Waals surface area contributed by atoms with Gasteiger partial charge in [-0.2, -0.15) is 0 Å². The largest absolute Gasteiger partial charge is 0.307 e. The van der Waals surface area contributed by atoms with Crippen molar-refractivity contribution < 1.29 is 8.90 Å². The van der Waals surface area contributed by atoms with Crippen LogP contribution in [0.4, 0.5) is 4.11 Å². The molecule has 1 aromatic rings. The minimum atomic E-state index is -3.18. The molecule has 0 atom stereocenters. The quantitative estimate of drug-likeness (QED) is 0.591. The maximum atomic E-state index is 16.0. The van der Waals surface area contributed by atoms with Gasteiger partial charge in [0.1, 0.15) is 5.78 Å². The molecular formula is C17H27FOSi. The zero-order chi connectivity index (χ0) is 15.8. The van der Waals surface area contributed by atoms with Gasteiger partial charge in [-0.15, -0.1) is 0 Å². The Morgan fingerprint density at radius 3 is 1.70 bits per heavy atom. The molecule has 0 bridgehead atoms. The molecule has 0 aromatic heterocycles. The molecule has 0 saturated carbocycles. The van der Waals surface area contributed by atoms with Gasteiger partial charge < -0.3 is 4.11 Å². The Kier molecular flexibility index (Phi) is 4.64. The van der Waals surface area contributed by atoms with Crippen LogP contribution in [0.25, 0.3) is 0 Å². The number of ketones is 1. The summed E-state index contributed by atoms with van der Waals surface area (Å²) in [6.45, 7) is 13.5. The second-order valence-corrected chi connectivity index (χ2v) is 12.6. The van der Waals surface area contributed by atoms with Crippen LogP contribution in [-0.2, 0) is 11.2 Å². The smallest absolute Gasteiger partial charge is 0.288 e. The normalized spacial score (nSPS) is 13.4. The molecule has 0 unspecified atom stereocenters. The summed E-state index contributed by atoms with van der Waals surface area (Å²) in [4.78, 5) is 11.1. The second kappa shape index (κ2) is 5.43. The first-order chi connectivity index (χ1) is 8.89. The van der Waals surface area contributed by atoms with Crippen LogP contribution in [0.1, 0.15) is 54.0 Å². The van der Waals surface area contributed by atoms with Crippen molar-refractivity contribution in [1.82, 2.24) is 0 Å². The average Bonchev–Trinajstić information content (AvgIpc) is 2.25. The lowest BCUT2D eigenvalue weighted by atomic mass is 10.1. The molecule has 112 valence electrons. The molecule has 3 heteroatoms. The van der Waals surface area contributed by atoms with Gasteiger partial charge in [0.25, 0.3) is 8.41 Å². The Hall–Kier alpha value is -0.963. The minimum absolute atomic E-state index is 0.133. The third-order valence-electron chi connectivity index (χ3n) is 3.87. The standard InChI is InChI=1S/C17H27FOSi/c1-13(19)12-14-8-10-15(11-9-14)20(18,16(2,3)4)17(5,6)7/h8-11H,12H2,1-7H3/i18+0. The number of rotatable bonds is 3. The molecule has 0 saturated heterocycles. The Morgan fingerprint density at radius 2 is 1.40 bits per heavy atom. The van der Waals surface area contributed by atoms with E-state index in [0.717, 1.165) is 10.8 Å².